The Morgan fingerprint density at radius 1 is 1.00 bits per heavy atom. The molecule has 1 N–H and O–H groups in total. The Morgan fingerprint density at radius 2 is 1.45 bits per heavy atom. The van der Waals surface area contributed by atoms with Gasteiger partial charge in [-0.2, -0.15) is 0 Å². The number of aryl methyl sites for hydroxylation is 1. The number of aliphatic carboxylic acids is 1. The zero-order valence-corrected chi connectivity index (χ0v) is 14.1. The first kappa shape index (κ1) is 18.7. The van der Waals surface area contributed by atoms with Crippen molar-refractivity contribution >= 4 is 38.9 Å². The number of hydrogen-bond donors (Lipinski definition) is 1. The average Bonchev–Trinajstić information content (AvgIpc) is 2.48. The molecule has 0 fully saturated rings. The van der Waals surface area contributed by atoms with Crippen LogP contribution < -0.4 is 0 Å². The Bertz CT molecular complexity index is 481. The summed E-state index contributed by atoms with van der Waals surface area (Å²) in [4.78, 5) is 17.9. The predicted octanol–water partition coefficient (Wildman–Crippen LogP) is 3.65. The quantitative estimate of drug-likeness (QED) is 0.791. The summed E-state index contributed by atoms with van der Waals surface area (Å²) in [5.74, 6) is -0.762. The zero-order chi connectivity index (χ0) is 13.9. The van der Waals surface area contributed by atoms with Gasteiger partial charge in [-0.25, -0.2) is 0 Å². The standard InChI is InChI=1S/C8H9NO2.C6H6BrN.BrH/c10-8(11)2-1-7-3-5-9-6-4-7;7-5-6-1-3-8-4-2-6;/h3-6H,1-2H2,(H,10,11);1-4H,5H2;1H. The number of nitrogens with zero attached hydrogens (tertiary/aromatic N) is 2. The highest BCUT2D eigenvalue weighted by molar-refractivity contribution is 9.08. The van der Waals surface area contributed by atoms with Crippen molar-refractivity contribution in [1.29, 1.82) is 0 Å². The van der Waals surface area contributed by atoms with Gasteiger partial charge in [-0.3, -0.25) is 14.8 Å². The third-order valence-corrected chi connectivity index (χ3v) is 2.93. The fourth-order valence-corrected chi connectivity index (χ4v) is 1.65. The molecule has 0 aliphatic heterocycles. The van der Waals surface area contributed by atoms with E-state index in [1.165, 1.54) is 5.56 Å². The Balaban J connectivity index is 0.000000359. The van der Waals surface area contributed by atoms with E-state index in [4.69, 9.17) is 5.11 Å². The largest absolute Gasteiger partial charge is 0.481 e. The van der Waals surface area contributed by atoms with Gasteiger partial charge >= 0.3 is 5.97 Å². The first-order valence-corrected chi connectivity index (χ1v) is 6.90. The Kier molecular flexibility index (Phi) is 10.8. The number of rotatable bonds is 4. The lowest BCUT2D eigenvalue weighted by molar-refractivity contribution is -0.136. The molecule has 0 aromatic carbocycles. The van der Waals surface area contributed by atoms with Crippen LogP contribution in [0.5, 0.6) is 0 Å². The summed E-state index contributed by atoms with van der Waals surface area (Å²) < 4.78 is 0. The number of halogens is 2. The molecule has 2 heterocycles. The van der Waals surface area contributed by atoms with Crippen LogP contribution in [-0.2, 0) is 16.5 Å². The van der Waals surface area contributed by atoms with E-state index in [1.807, 2.05) is 24.3 Å². The van der Waals surface area contributed by atoms with Crippen LogP contribution in [0.1, 0.15) is 17.5 Å². The van der Waals surface area contributed by atoms with Gasteiger partial charge in [0.25, 0.3) is 0 Å². The molecule has 0 aliphatic rings. The average molecular weight is 404 g/mol. The van der Waals surface area contributed by atoms with Crippen LogP contribution in [0.15, 0.2) is 49.1 Å². The molecule has 4 nitrogen and oxygen atoms in total. The minimum absolute atomic E-state index is 0. The lowest BCUT2D eigenvalue weighted by atomic mass is 10.1. The summed E-state index contributed by atoms with van der Waals surface area (Å²) in [5.41, 5.74) is 2.28. The first-order valence-electron chi connectivity index (χ1n) is 5.78. The van der Waals surface area contributed by atoms with Crippen molar-refractivity contribution in [3.8, 4) is 0 Å². The molecule has 0 unspecified atom stereocenters. The van der Waals surface area contributed by atoms with Crippen molar-refractivity contribution in [3.05, 3.63) is 60.2 Å². The molecule has 0 aliphatic carbocycles. The number of carboxylic acid groups (broad SMARTS) is 1. The Morgan fingerprint density at radius 3 is 1.80 bits per heavy atom. The summed E-state index contributed by atoms with van der Waals surface area (Å²) in [6.45, 7) is 0. The van der Waals surface area contributed by atoms with Crippen LogP contribution in [0.3, 0.4) is 0 Å². The van der Waals surface area contributed by atoms with Crippen LogP contribution >= 0.6 is 32.9 Å². The number of aromatic nitrogens is 2. The van der Waals surface area contributed by atoms with Gasteiger partial charge in [0.05, 0.1) is 0 Å². The van der Waals surface area contributed by atoms with Gasteiger partial charge in [0.2, 0.25) is 0 Å². The summed E-state index contributed by atoms with van der Waals surface area (Å²) in [5, 5.41) is 9.27. The van der Waals surface area contributed by atoms with E-state index in [9.17, 15) is 4.79 Å². The molecule has 0 amide bonds. The Labute approximate surface area is 137 Å². The molecule has 6 heteroatoms. The van der Waals surface area contributed by atoms with E-state index >= 15 is 0 Å². The number of hydrogen-bond acceptors (Lipinski definition) is 3. The third-order valence-electron chi connectivity index (χ3n) is 2.28. The molecule has 2 rings (SSSR count). The van der Waals surface area contributed by atoms with Gasteiger partial charge < -0.3 is 5.11 Å². The van der Waals surface area contributed by atoms with E-state index in [2.05, 4.69) is 25.9 Å². The predicted molar refractivity (Wildman–Crippen MR) is 87.4 cm³/mol. The molecule has 20 heavy (non-hydrogen) atoms. The third kappa shape index (κ3) is 8.77. The monoisotopic (exact) mass is 402 g/mol. The minimum Gasteiger partial charge on any atom is -0.481 e. The number of alkyl halides is 1. The van der Waals surface area contributed by atoms with E-state index in [0.717, 1.165) is 10.9 Å². The molecule has 108 valence electrons. The zero-order valence-electron chi connectivity index (χ0n) is 10.8. The van der Waals surface area contributed by atoms with E-state index in [0.29, 0.717) is 6.42 Å². The molecule has 0 bridgehead atoms. The number of carbonyl (C=O) groups is 1. The highest BCUT2D eigenvalue weighted by Crippen LogP contribution is 2.01. The fourth-order valence-electron chi connectivity index (χ4n) is 1.27. The summed E-state index contributed by atoms with van der Waals surface area (Å²) >= 11 is 3.33. The highest BCUT2D eigenvalue weighted by atomic mass is 79.9. The molecule has 0 saturated carbocycles. The molecule has 0 radical (unpaired) electrons. The van der Waals surface area contributed by atoms with Gasteiger partial charge in [0.1, 0.15) is 0 Å². The smallest absolute Gasteiger partial charge is 0.303 e. The highest BCUT2D eigenvalue weighted by Gasteiger charge is 1.96. The molecule has 0 atom stereocenters. The molecular weight excluding hydrogens is 388 g/mol. The first-order chi connectivity index (χ1) is 9.22. The van der Waals surface area contributed by atoms with Gasteiger partial charge in [-0.15, -0.1) is 17.0 Å². The van der Waals surface area contributed by atoms with Gasteiger partial charge in [0, 0.05) is 36.5 Å². The molecule has 0 saturated heterocycles. The second kappa shape index (κ2) is 11.5. The van der Waals surface area contributed by atoms with Gasteiger partial charge in [-0.1, -0.05) is 15.9 Å². The number of carboxylic acids is 1. The molecule has 0 spiro atoms. The van der Waals surface area contributed by atoms with Crippen molar-refractivity contribution in [3.63, 3.8) is 0 Å². The maximum absolute atomic E-state index is 10.2. The number of pyridine rings is 2. The van der Waals surface area contributed by atoms with Crippen LogP contribution in [0.2, 0.25) is 0 Å². The summed E-state index contributed by atoms with van der Waals surface area (Å²) in [6.07, 6.45) is 7.67. The van der Waals surface area contributed by atoms with Crippen molar-refractivity contribution in [1.82, 2.24) is 9.97 Å². The van der Waals surface area contributed by atoms with Crippen LogP contribution in [0.4, 0.5) is 0 Å². The topological polar surface area (TPSA) is 63.1 Å². The molecule has 2 aromatic rings. The molecule has 2 aromatic heterocycles. The maximum Gasteiger partial charge on any atom is 0.303 e. The maximum atomic E-state index is 10.2. The summed E-state index contributed by atoms with van der Waals surface area (Å²) in [6, 6.07) is 7.61. The van der Waals surface area contributed by atoms with Crippen molar-refractivity contribution in [2.75, 3.05) is 0 Å². The van der Waals surface area contributed by atoms with Crippen LogP contribution in [-0.4, -0.2) is 21.0 Å². The normalized spacial score (nSPS) is 8.85. The van der Waals surface area contributed by atoms with E-state index < -0.39 is 5.97 Å². The minimum atomic E-state index is -0.762. The van der Waals surface area contributed by atoms with Crippen molar-refractivity contribution in [2.45, 2.75) is 18.2 Å². The lowest BCUT2D eigenvalue weighted by Gasteiger charge is -1.95. The second-order valence-electron chi connectivity index (χ2n) is 3.74. The van der Waals surface area contributed by atoms with Crippen molar-refractivity contribution < 1.29 is 9.90 Å². The SMILES string of the molecule is Br.BrCc1ccncc1.O=C(O)CCc1ccncc1. The van der Waals surface area contributed by atoms with Crippen molar-refractivity contribution in [2.24, 2.45) is 0 Å². The second-order valence-corrected chi connectivity index (χ2v) is 4.30. The Hall–Kier alpha value is -1.27. The molecular formula is C14H16Br2N2O2. The fraction of sp³-hybridized carbons (Fsp3) is 0.214. The van der Waals surface area contributed by atoms with Crippen LogP contribution in [0, 0.1) is 0 Å². The van der Waals surface area contributed by atoms with Gasteiger partial charge in [-0.05, 0) is 41.8 Å². The summed E-state index contributed by atoms with van der Waals surface area (Å²) in [7, 11) is 0. The van der Waals surface area contributed by atoms with E-state index in [-0.39, 0.29) is 23.4 Å². The van der Waals surface area contributed by atoms with Crippen LogP contribution in [0.25, 0.3) is 0 Å². The van der Waals surface area contributed by atoms with Gasteiger partial charge in [0.15, 0.2) is 0 Å². The lowest BCUT2D eigenvalue weighted by Crippen LogP contribution is -1.96. The van der Waals surface area contributed by atoms with E-state index in [1.54, 1.807) is 24.8 Å².